The number of aliphatic hydroxyl groups is 1. The van der Waals surface area contributed by atoms with Gasteiger partial charge in [0.1, 0.15) is 0 Å². The number of nitrogens with zero attached hydrogens (tertiary/aromatic N) is 4. The minimum absolute atomic E-state index is 0.162. The number of nitrogens with one attached hydrogen (secondary N) is 1. The van der Waals surface area contributed by atoms with Crippen LogP contribution in [0.1, 0.15) is 17.2 Å². The van der Waals surface area contributed by atoms with Crippen LogP contribution in [0.25, 0.3) is 5.69 Å². The Labute approximate surface area is 149 Å². The Balaban J connectivity index is 1.76. The summed E-state index contributed by atoms with van der Waals surface area (Å²) in [6, 6.07) is 12.9. The Morgan fingerprint density at radius 1 is 1.12 bits per heavy atom. The molecule has 3 aromatic rings. The average molecular weight is 364 g/mol. The highest BCUT2D eigenvalue weighted by Gasteiger charge is 2.17. The summed E-state index contributed by atoms with van der Waals surface area (Å²) in [4.78, 5) is 0. The zero-order valence-electron chi connectivity index (χ0n) is 12.8. The first-order valence-electron chi connectivity index (χ1n) is 7.27. The van der Waals surface area contributed by atoms with Crippen LogP contribution >= 0.6 is 23.2 Å². The highest BCUT2D eigenvalue weighted by atomic mass is 35.5. The lowest BCUT2D eigenvalue weighted by atomic mass is 10.1. The number of tetrazole rings is 1. The van der Waals surface area contributed by atoms with Gasteiger partial charge in [0.15, 0.2) is 0 Å². The van der Waals surface area contributed by atoms with Crippen LogP contribution in [0.2, 0.25) is 10.0 Å². The van der Waals surface area contributed by atoms with Crippen molar-refractivity contribution >= 4 is 29.2 Å². The number of anilines is 1. The van der Waals surface area contributed by atoms with Gasteiger partial charge in [-0.1, -0.05) is 52.1 Å². The number of aliphatic hydroxyl groups excluding tert-OH is 1. The Morgan fingerprint density at radius 2 is 1.79 bits per heavy atom. The fraction of sp³-hybridized carbons (Fsp3) is 0.188. The summed E-state index contributed by atoms with van der Waals surface area (Å²) in [6.07, 6.45) is -0.894. The van der Waals surface area contributed by atoms with E-state index in [-0.39, 0.29) is 6.54 Å². The molecule has 1 unspecified atom stereocenters. The maximum atomic E-state index is 10.4. The third-order valence-electron chi connectivity index (χ3n) is 3.53. The lowest BCUT2D eigenvalue weighted by Crippen LogP contribution is -2.16. The SMILES string of the molecule is Cc1ccc(-n2nnnc2NCC(O)c2c(Cl)cccc2Cl)cc1. The molecule has 8 heteroatoms. The van der Waals surface area contributed by atoms with Crippen molar-refractivity contribution in [2.45, 2.75) is 13.0 Å². The quantitative estimate of drug-likeness (QED) is 0.726. The number of hydrogen-bond donors (Lipinski definition) is 2. The lowest BCUT2D eigenvalue weighted by molar-refractivity contribution is 0.191. The molecule has 0 spiro atoms. The smallest absolute Gasteiger partial charge is 0.247 e. The van der Waals surface area contributed by atoms with Gasteiger partial charge in [0.25, 0.3) is 0 Å². The number of hydrogen-bond acceptors (Lipinski definition) is 5. The van der Waals surface area contributed by atoms with E-state index >= 15 is 0 Å². The molecule has 1 heterocycles. The molecule has 6 nitrogen and oxygen atoms in total. The molecule has 0 aliphatic heterocycles. The Morgan fingerprint density at radius 3 is 2.46 bits per heavy atom. The molecular weight excluding hydrogens is 349 g/mol. The van der Waals surface area contributed by atoms with E-state index in [1.54, 1.807) is 22.9 Å². The number of halogens is 2. The maximum absolute atomic E-state index is 10.4. The van der Waals surface area contributed by atoms with Crippen molar-refractivity contribution < 1.29 is 5.11 Å². The van der Waals surface area contributed by atoms with E-state index in [0.717, 1.165) is 11.3 Å². The highest BCUT2D eigenvalue weighted by molar-refractivity contribution is 6.36. The van der Waals surface area contributed by atoms with Gasteiger partial charge in [-0.05, 0) is 41.6 Å². The molecule has 3 rings (SSSR count). The minimum atomic E-state index is -0.894. The van der Waals surface area contributed by atoms with E-state index in [1.165, 1.54) is 0 Å². The summed E-state index contributed by atoms with van der Waals surface area (Å²) >= 11 is 12.2. The van der Waals surface area contributed by atoms with Gasteiger partial charge in [-0.15, -0.1) is 0 Å². The van der Waals surface area contributed by atoms with E-state index in [9.17, 15) is 5.11 Å². The largest absolute Gasteiger partial charge is 0.386 e. The van der Waals surface area contributed by atoms with Crippen LogP contribution < -0.4 is 5.32 Å². The molecular formula is C16H15Cl2N5O. The first-order valence-corrected chi connectivity index (χ1v) is 8.03. The second-order valence-corrected chi connectivity index (χ2v) is 6.10. The fourth-order valence-corrected chi connectivity index (χ4v) is 2.93. The van der Waals surface area contributed by atoms with Crippen molar-refractivity contribution in [3.63, 3.8) is 0 Å². The molecule has 0 fully saturated rings. The van der Waals surface area contributed by atoms with Crippen LogP contribution in [-0.4, -0.2) is 31.9 Å². The van der Waals surface area contributed by atoms with Crippen molar-refractivity contribution in [2.24, 2.45) is 0 Å². The fourth-order valence-electron chi connectivity index (χ4n) is 2.28. The van der Waals surface area contributed by atoms with Crippen LogP contribution in [0.3, 0.4) is 0 Å². The van der Waals surface area contributed by atoms with Crippen LogP contribution in [-0.2, 0) is 0 Å². The normalized spacial score (nSPS) is 12.2. The zero-order valence-corrected chi connectivity index (χ0v) is 14.3. The van der Waals surface area contributed by atoms with Gasteiger partial charge in [0.05, 0.1) is 11.8 Å². The molecule has 124 valence electrons. The van der Waals surface area contributed by atoms with Gasteiger partial charge in [-0.2, -0.15) is 4.68 Å². The summed E-state index contributed by atoms with van der Waals surface area (Å²) in [5.74, 6) is 0.418. The van der Waals surface area contributed by atoms with Crippen molar-refractivity contribution in [1.29, 1.82) is 0 Å². The molecule has 1 aromatic heterocycles. The van der Waals surface area contributed by atoms with Crippen LogP contribution in [0.15, 0.2) is 42.5 Å². The van der Waals surface area contributed by atoms with Gasteiger partial charge in [-0.25, -0.2) is 0 Å². The van der Waals surface area contributed by atoms with E-state index in [2.05, 4.69) is 20.8 Å². The monoisotopic (exact) mass is 363 g/mol. The van der Waals surface area contributed by atoms with Crippen molar-refractivity contribution in [3.05, 3.63) is 63.6 Å². The predicted molar refractivity (Wildman–Crippen MR) is 93.8 cm³/mol. The third-order valence-corrected chi connectivity index (χ3v) is 4.19. The first-order chi connectivity index (χ1) is 11.6. The zero-order chi connectivity index (χ0) is 17.1. The molecule has 1 atom stereocenters. The predicted octanol–water partition coefficient (Wildman–Crippen LogP) is 3.42. The second kappa shape index (κ2) is 7.17. The van der Waals surface area contributed by atoms with Crippen molar-refractivity contribution in [1.82, 2.24) is 20.2 Å². The number of aromatic nitrogens is 4. The van der Waals surface area contributed by atoms with Gasteiger partial charge >= 0.3 is 0 Å². The standard InChI is InChI=1S/C16H15Cl2N5O/c1-10-5-7-11(8-6-10)23-16(20-21-22-23)19-9-14(24)15-12(17)3-2-4-13(15)18/h2-8,14,24H,9H2,1H3,(H,19,20,22). The molecule has 0 amide bonds. The summed E-state index contributed by atoms with van der Waals surface area (Å²) in [6.45, 7) is 2.17. The summed E-state index contributed by atoms with van der Waals surface area (Å²) in [5, 5.41) is 25.8. The number of rotatable bonds is 5. The minimum Gasteiger partial charge on any atom is -0.386 e. The van der Waals surface area contributed by atoms with Crippen molar-refractivity contribution in [3.8, 4) is 5.69 Å². The molecule has 0 saturated carbocycles. The molecule has 2 N–H and O–H groups in total. The number of aryl methyl sites for hydroxylation is 1. The number of benzene rings is 2. The van der Waals surface area contributed by atoms with Crippen LogP contribution in [0, 0.1) is 6.92 Å². The van der Waals surface area contributed by atoms with Gasteiger partial charge < -0.3 is 10.4 Å². The molecule has 24 heavy (non-hydrogen) atoms. The molecule has 2 aromatic carbocycles. The Kier molecular flexibility index (Phi) is 4.99. The third kappa shape index (κ3) is 3.51. The molecule has 0 aliphatic carbocycles. The molecule has 0 radical (unpaired) electrons. The van der Waals surface area contributed by atoms with Gasteiger partial charge in [0, 0.05) is 22.2 Å². The average Bonchev–Trinajstić information content (AvgIpc) is 3.02. The van der Waals surface area contributed by atoms with E-state index in [1.807, 2.05) is 31.2 Å². The van der Waals surface area contributed by atoms with Crippen molar-refractivity contribution in [2.75, 3.05) is 11.9 Å². The lowest BCUT2D eigenvalue weighted by Gasteiger charge is -2.15. The van der Waals surface area contributed by atoms with E-state index in [0.29, 0.717) is 21.6 Å². The Bertz CT molecular complexity index is 814. The second-order valence-electron chi connectivity index (χ2n) is 5.28. The van der Waals surface area contributed by atoms with E-state index in [4.69, 9.17) is 23.2 Å². The van der Waals surface area contributed by atoms with Crippen LogP contribution in [0.5, 0.6) is 0 Å². The topological polar surface area (TPSA) is 75.9 Å². The highest BCUT2D eigenvalue weighted by Crippen LogP contribution is 2.30. The summed E-state index contributed by atoms with van der Waals surface area (Å²) in [7, 11) is 0. The maximum Gasteiger partial charge on any atom is 0.247 e. The van der Waals surface area contributed by atoms with Crippen LogP contribution in [0.4, 0.5) is 5.95 Å². The Hall–Kier alpha value is -2.15. The molecule has 0 aliphatic rings. The van der Waals surface area contributed by atoms with Gasteiger partial charge in [0.2, 0.25) is 5.95 Å². The summed E-state index contributed by atoms with van der Waals surface area (Å²) < 4.78 is 1.56. The molecule has 0 bridgehead atoms. The van der Waals surface area contributed by atoms with Gasteiger partial charge in [-0.3, -0.25) is 0 Å². The first kappa shape index (κ1) is 16.7. The molecule has 0 saturated heterocycles. The summed E-state index contributed by atoms with van der Waals surface area (Å²) in [5.41, 5.74) is 2.44. The van der Waals surface area contributed by atoms with E-state index < -0.39 is 6.10 Å².